The molecule has 2 aromatic rings. The second kappa shape index (κ2) is 12.9. The van der Waals surface area contributed by atoms with Gasteiger partial charge in [-0.1, -0.05) is 45.1 Å². The Morgan fingerprint density at radius 1 is 0.881 bits per heavy atom. The molecule has 5 nitrogen and oxygen atoms in total. The van der Waals surface area contributed by atoms with E-state index in [2.05, 4.69) is 64.9 Å². The maximum Gasteiger partial charge on any atom is 0.573 e. The number of rotatable bonds is 7. The third kappa shape index (κ3) is 8.89. The van der Waals surface area contributed by atoms with Gasteiger partial charge in [0.1, 0.15) is 10.7 Å². The maximum absolute atomic E-state index is 13.4. The number of nitrogens with zero attached hydrogens (tertiary/aromatic N) is 2. The number of nitrogens with one attached hydrogen (secondary N) is 1. The van der Waals surface area contributed by atoms with Crippen LogP contribution in [0.2, 0.25) is 0 Å². The van der Waals surface area contributed by atoms with Crippen molar-refractivity contribution in [3.63, 3.8) is 0 Å². The molecule has 0 unspecified atom stereocenters. The van der Waals surface area contributed by atoms with Gasteiger partial charge >= 0.3 is 12.5 Å². The molecule has 0 radical (unpaired) electrons. The van der Waals surface area contributed by atoms with Crippen LogP contribution in [0, 0.1) is 0 Å². The Kier molecular flexibility index (Phi) is 9.86. The minimum atomic E-state index is -5.22. The summed E-state index contributed by atoms with van der Waals surface area (Å²) in [4.78, 5) is 5.29. The van der Waals surface area contributed by atoms with Crippen LogP contribution in [0.5, 0.6) is 5.75 Å². The van der Waals surface area contributed by atoms with E-state index in [0.717, 1.165) is 37.2 Å². The van der Waals surface area contributed by atoms with E-state index >= 15 is 0 Å². The summed E-state index contributed by atoms with van der Waals surface area (Å²) in [5, 5.41) is 3.02. The second-order valence-electron chi connectivity index (χ2n) is 11.9. The first kappa shape index (κ1) is 32.2. The zero-order valence-electron chi connectivity index (χ0n) is 23.9. The quantitative estimate of drug-likeness (QED) is 0.253. The molecule has 0 aromatic heterocycles. The van der Waals surface area contributed by atoms with E-state index in [1.54, 1.807) is 0 Å². The van der Waals surface area contributed by atoms with Gasteiger partial charge in [-0.15, -0.1) is 13.2 Å². The molecule has 1 aliphatic carbocycles. The zero-order valence-corrected chi connectivity index (χ0v) is 24.8. The van der Waals surface area contributed by atoms with Crippen LogP contribution in [0.25, 0.3) is 0 Å². The van der Waals surface area contributed by atoms with Gasteiger partial charge in [0.2, 0.25) is 0 Å². The van der Waals surface area contributed by atoms with Gasteiger partial charge in [0.05, 0.1) is 18.3 Å². The molecule has 0 amide bonds. The van der Waals surface area contributed by atoms with Crippen LogP contribution >= 0.6 is 12.2 Å². The molecule has 1 heterocycles. The predicted molar refractivity (Wildman–Crippen MR) is 155 cm³/mol. The lowest BCUT2D eigenvalue weighted by molar-refractivity contribution is -0.276. The van der Waals surface area contributed by atoms with Gasteiger partial charge in [-0.3, -0.25) is 0 Å². The SMILES string of the molecule is CC(C)(C)c1ccc(N2CCN(C(=S)CO[C@H]3CC[C@H](Nc4ccc(OC(F)(F)F)c(C(F)(F)F)c4)CC3)CC2)cc1. The molecule has 2 aliphatic rings. The monoisotopic (exact) mass is 617 g/mol. The molecule has 12 heteroatoms. The topological polar surface area (TPSA) is 37.0 Å². The van der Waals surface area contributed by atoms with Gasteiger partial charge in [-0.2, -0.15) is 13.2 Å². The Morgan fingerprint density at radius 2 is 1.50 bits per heavy atom. The average Bonchev–Trinajstić information content (AvgIpc) is 2.91. The number of thiocarbonyl (C=S) groups is 1. The van der Waals surface area contributed by atoms with E-state index in [9.17, 15) is 26.3 Å². The number of anilines is 2. The van der Waals surface area contributed by atoms with Crippen molar-refractivity contribution in [2.24, 2.45) is 0 Å². The summed E-state index contributed by atoms with van der Waals surface area (Å²) >= 11 is 5.65. The van der Waals surface area contributed by atoms with E-state index < -0.39 is 23.9 Å². The molecule has 0 bridgehead atoms. The highest BCUT2D eigenvalue weighted by molar-refractivity contribution is 7.80. The Hall–Kier alpha value is -2.73. The molecule has 232 valence electrons. The fourth-order valence-electron chi connectivity index (χ4n) is 5.33. The Balaban J connectivity index is 1.20. The predicted octanol–water partition coefficient (Wildman–Crippen LogP) is 7.79. The van der Waals surface area contributed by atoms with Crippen molar-refractivity contribution in [1.29, 1.82) is 0 Å². The van der Waals surface area contributed by atoms with E-state index in [-0.39, 0.29) is 23.2 Å². The van der Waals surface area contributed by atoms with Crippen molar-refractivity contribution in [3.05, 3.63) is 53.6 Å². The van der Waals surface area contributed by atoms with E-state index in [0.29, 0.717) is 44.4 Å². The molecule has 0 atom stereocenters. The molecule has 2 fully saturated rings. The standard InChI is InChI=1S/C30H37F6N3O2S/c1-28(2,3)20-4-9-23(10-5-20)38-14-16-39(17-15-38)27(42)19-40-24-11-6-21(7-12-24)37-22-8-13-26(41-30(34,35)36)25(18-22)29(31,32)33/h4-5,8-10,13,18,21,24,37H,6-7,11-12,14-17,19H2,1-3H3/t21-,24-. The number of ether oxygens (including phenoxy) is 2. The fraction of sp³-hybridized carbons (Fsp3) is 0.567. The Morgan fingerprint density at radius 3 is 2.05 bits per heavy atom. The largest absolute Gasteiger partial charge is 0.573 e. The molecule has 1 aliphatic heterocycles. The lowest BCUT2D eigenvalue weighted by Crippen LogP contribution is -2.49. The molecule has 1 saturated carbocycles. The van der Waals surface area contributed by atoms with Crippen molar-refractivity contribution >= 4 is 28.6 Å². The molecule has 4 rings (SSSR count). The van der Waals surface area contributed by atoms with Crippen molar-refractivity contribution in [2.75, 3.05) is 43.0 Å². The van der Waals surface area contributed by atoms with E-state index in [4.69, 9.17) is 17.0 Å². The van der Waals surface area contributed by atoms with Crippen LogP contribution in [0.15, 0.2) is 42.5 Å². The molecule has 1 N–H and O–H groups in total. The summed E-state index contributed by atoms with van der Waals surface area (Å²) in [5.74, 6) is -1.27. The molecule has 0 spiro atoms. The first-order chi connectivity index (χ1) is 19.6. The maximum atomic E-state index is 13.4. The first-order valence-corrected chi connectivity index (χ1v) is 14.5. The second-order valence-corrected chi connectivity index (χ2v) is 12.3. The number of hydrogen-bond donors (Lipinski definition) is 1. The fourth-order valence-corrected chi connectivity index (χ4v) is 5.58. The lowest BCUT2D eigenvalue weighted by atomic mass is 9.87. The summed E-state index contributed by atoms with van der Waals surface area (Å²) in [6.45, 7) is 10.3. The number of alkyl halides is 6. The van der Waals surface area contributed by atoms with Crippen molar-refractivity contribution in [2.45, 2.75) is 76.6 Å². The highest BCUT2D eigenvalue weighted by Crippen LogP contribution is 2.40. The van der Waals surface area contributed by atoms with Crippen LogP contribution in [0.1, 0.15) is 57.6 Å². The summed E-state index contributed by atoms with van der Waals surface area (Å²) in [5.41, 5.74) is 1.23. The van der Waals surface area contributed by atoms with Crippen LogP contribution < -0.4 is 15.0 Å². The highest BCUT2D eigenvalue weighted by Gasteiger charge is 2.39. The minimum absolute atomic E-state index is 0.0167. The summed E-state index contributed by atoms with van der Waals surface area (Å²) in [7, 11) is 0. The normalized spacial score (nSPS) is 20.4. The number of piperazine rings is 1. The highest BCUT2D eigenvalue weighted by atomic mass is 32.1. The average molecular weight is 618 g/mol. The summed E-state index contributed by atoms with van der Waals surface area (Å²) in [6, 6.07) is 11.1. The summed E-state index contributed by atoms with van der Waals surface area (Å²) < 4.78 is 87.3. The molecule has 42 heavy (non-hydrogen) atoms. The molecule has 1 saturated heterocycles. The van der Waals surface area contributed by atoms with Crippen molar-refractivity contribution < 1.29 is 35.8 Å². The first-order valence-electron chi connectivity index (χ1n) is 14.1. The molecular weight excluding hydrogens is 580 g/mol. The third-order valence-corrected chi connectivity index (χ3v) is 8.11. The van der Waals surface area contributed by atoms with Crippen LogP contribution in [-0.2, 0) is 16.3 Å². The third-order valence-electron chi connectivity index (χ3n) is 7.73. The molecule has 2 aromatic carbocycles. The van der Waals surface area contributed by atoms with Crippen LogP contribution in [0.3, 0.4) is 0 Å². The zero-order chi connectivity index (χ0) is 30.7. The lowest BCUT2D eigenvalue weighted by Gasteiger charge is -2.38. The summed E-state index contributed by atoms with van der Waals surface area (Å²) in [6.07, 6.45) is -7.55. The van der Waals surface area contributed by atoms with Crippen molar-refractivity contribution in [3.8, 4) is 5.75 Å². The van der Waals surface area contributed by atoms with Gasteiger partial charge in [0.15, 0.2) is 0 Å². The Labute approximate surface area is 248 Å². The van der Waals surface area contributed by atoms with Gasteiger partial charge in [0, 0.05) is 43.6 Å². The van der Waals surface area contributed by atoms with Gasteiger partial charge in [-0.25, -0.2) is 0 Å². The van der Waals surface area contributed by atoms with E-state index in [1.807, 2.05) is 0 Å². The smallest absolute Gasteiger partial charge is 0.405 e. The van der Waals surface area contributed by atoms with Crippen LogP contribution in [-0.4, -0.2) is 61.2 Å². The Bertz CT molecular complexity index is 1200. The van der Waals surface area contributed by atoms with Gasteiger partial charge in [-0.05, 0) is 67.0 Å². The van der Waals surface area contributed by atoms with Crippen molar-refractivity contribution in [1.82, 2.24) is 4.90 Å². The number of benzene rings is 2. The number of halogens is 6. The van der Waals surface area contributed by atoms with Gasteiger partial charge < -0.3 is 24.6 Å². The van der Waals surface area contributed by atoms with Gasteiger partial charge in [0.25, 0.3) is 0 Å². The number of hydrogen-bond acceptors (Lipinski definition) is 5. The van der Waals surface area contributed by atoms with Crippen LogP contribution in [0.4, 0.5) is 37.7 Å². The molecular formula is C30H37F6N3O2S. The van der Waals surface area contributed by atoms with E-state index in [1.165, 1.54) is 11.3 Å². The minimum Gasteiger partial charge on any atom is -0.405 e.